The van der Waals surface area contributed by atoms with E-state index in [9.17, 15) is 14.4 Å². The van der Waals surface area contributed by atoms with Crippen molar-refractivity contribution in [3.63, 3.8) is 0 Å². The molecule has 0 bridgehead atoms. The number of primary amides is 1. The van der Waals surface area contributed by atoms with Crippen LogP contribution in [0.5, 0.6) is 0 Å². The molecular formula is C16H29N3O4. The maximum Gasteiger partial charge on any atom is 0.410 e. The summed E-state index contributed by atoms with van der Waals surface area (Å²) in [5, 5.41) is 0. The Kier molecular flexibility index (Phi) is 6.41. The van der Waals surface area contributed by atoms with Gasteiger partial charge in [0.2, 0.25) is 11.8 Å². The van der Waals surface area contributed by atoms with Gasteiger partial charge in [-0.2, -0.15) is 0 Å². The Morgan fingerprint density at radius 2 is 1.87 bits per heavy atom. The molecule has 3 amide bonds. The van der Waals surface area contributed by atoms with Crippen LogP contribution in [0.4, 0.5) is 4.79 Å². The van der Waals surface area contributed by atoms with Crippen LogP contribution < -0.4 is 5.73 Å². The van der Waals surface area contributed by atoms with Crippen LogP contribution in [0.15, 0.2) is 0 Å². The highest BCUT2D eigenvalue weighted by Crippen LogP contribution is 2.22. The topological polar surface area (TPSA) is 92.9 Å². The summed E-state index contributed by atoms with van der Waals surface area (Å²) in [4.78, 5) is 39.3. The minimum absolute atomic E-state index is 0.144. The van der Waals surface area contributed by atoms with Crippen molar-refractivity contribution in [2.45, 2.75) is 71.6 Å². The van der Waals surface area contributed by atoms with E-state index in [1.165, 1.54) is 9.80 Å². The van der Waals surface area contributed by atoms with Gasteiger partial charge in [0, 0.05) is 12.6 Å². The number of amides is 3. The second-order valence-electron chi connectivity index (χ2n) is 7.21. The predicted molar refractivity (Wildman–Crippen MR) is 86.6 cm³/mol. The molecule has 2 N–H and O–H groups in total. The van der Waals surface area contributed by atoms with Gasteiger partial charge in [0.15, 0.2) is 0 Å². The molecule has 1 unspecified atom stereocenters. The first-order chi connectivity index (χ1) is 10.5. The highest BCUT2D eigenvalue weighted by atomic mass is 16.6. The predicted octanol–water partition coefficient (Wildman–Crippen LogP) is 1.50. The summed E-state index contributed by atoms with van der Waals surface area (Å²) in [5.74, 6) is -0.809. The number of likely N-dealkylation sites (tertiary alicyclic amines) is 1. The zero-order valence-electron chi connectivity index (χ0n) is 14.8. The number of rotatable bonds is 4. The molecule has 1 rings (SSSR count). The molecule has 0 radical (unpaired) electrons. The van der Waals surface area contributed by atoms with E-state index in [0.29, 0.717) is 13.0 Å². The first kappa shape index (κ1) is 19.3. The first-order valence-electron chi connectivity index (χ1n) is 8.11. The number of ether oxygens (including phenoxy) is 1. The largest absolute Gasteiger partial charge is 0.444 e. The van der Waals surface area contributed by atoms with E-state index in [0.717, 1.165) is 12.8 Å². The molecule has 7 heteroatoms. The van der Waals surface area contributed by atoms with Gasteiger partial charge in [0.1, 0.15) is 11.6 Å². The monoisotopic (exact) mass is 327 g/mol. The summed E-state index contributed by atoms with van der Waals surface area (Å²) in [7, 11) is 0. The molecule has 0 aromatic rings. The van der Waals surface area contributed by atoms with Gasteiger partial charge in [-0.1, -0.05) is 0 Å². The summed E-state index contributed by atoms with van der Waals surface area (Å²) >= 11 is 0. The lowest BCUT2D eigenvalue weighted by atomic mass is 10.0. The zero-order valence-corrected chi connectivity index (χ0v) is 14.8. The van der Waals surface area contributed by atoms with Crippen molar-refractivity contribution in [2.75, 3.05) is 13.1 Å². The summed E-state index contributed by atoms with van der Waals surface area (Å²) in [6, 6.07) is -0.766. The van der Waals surface area contributed by atoms with E-state index in [4.69, 9.17) is 10.5 Å². The van der Waals surface area contributed by atoms with Gasteiger partial charge < -0.3 is 15.4 Å². The van der Waals surface area contributed by atoms with E-state index in [2.05, 4.69) is 0 Å². The number of carbonyl (C=O) groups excluding carboxylic acids is 3. The van der Waals surface area contributed by atoms with Crippen LogP contribution in [-0.4, -0.2) is 58.5 Å². The molecule has 1 saturated heterocycles. The third kappa shape index (κ3) is 5.73. The van der Waals surface area contributed by atoms with Gasteiger partial charge in [0.25, 0.3) is 0 Å². The molecule has 1 aliphatic heterocycles. The van der Waals surface area contributed by atoms with E-state index < -0.39 is 23.6 Å². The van der Waals surface area contributed by atoms with E-state index in [-0.39, 0.29) is 18.5 Å². The van der Waals surface area contributed by atoms with Crippen LogP contribution in [-0.2, 0) is 14.3 Å². The van der Waals surface area contributed by atoms with Crippen molar-refractivity contribution in [1.82, 2.24) is 9.80 Å². The molecule has 0 aromatic carbocycles. The van der Waals surface area contributed by atoms with Crippen molar-refractivity contribution < 1.29 is 19.1 Å². The second kappa shape index (κ2) is 7.66. The highest BCUT2D eigenvalue weighted by Gasteiger charge is 2.37. The van der Waals surface area contributed by atoms with Gasteiger partial charge in [0.05, 0.1) is 6.54 Å². The maximum atomic E-state index is 12.8. The van der Waals surface area contributed by atoms with Gasteiger partial charge >= 0.3 is 6.09 Å². The van der Waals surface area contributed by atoms with Crippen LogP contribution in [0, 0.1) is 0 Å². The third-order valence-corrected chi connectivity index (χ3v) is 3.65. The van der Waals surface area contributed by atoms with Gasteiger partial charge in [-0.15, -0.1) is 0 Å². The lowest BCUT2D eigenvalue weighted by molar-refractivity contribution is -0.142. The second-order valence-corrected chi connectivity index (χ2v) is 7.21. The fourth-order valence-electron chi connectivity index (χ4n) is 2.60. The minimum Gasteiger partial charge on any atom is -0.444 e. The quantitative estimate of drug-likeness (QED) is 0.847. The standard InChI is InChI=1S/C16H29N3O4/c1-11(2)19(10-13(17)20)14(21)12-8-6-7-9-18(12)15(22)23-16(3,4)5/h11-12H,6-10H2,1-5H3,(H2,17,20). The number of piperidine rings is 1. The molecule has 0 aromatic heterocycles. The lowest BCUT2D eigenvalue weighted by Gasteiger charge is -2.39. The van der Waals surface area contributed by atoms with Crippen molar-refractivity contribution in [3.05, 3.63) is 0 Å². The Balaban J connectivity index is 2.93. The smallest absolute Gasteiger partial charge is 0.410 e. The number of nitrogens with zero attached hydrogens (tertiary/aromatic N) is 2. The van der Waals surface area contributed by atoms with Crippen LogP contribution >= 0.6 is 0 Å². The zero-order chi connectivity index (χ0) is 17.8. The molecule has 1 heterocycles. The van der Waals surface area contributed by atoms with Crippen LogP contribution in [0.25, 0.3) is 0 Å². The average molecular weight is 327 g/mol. The molecule has 132 valence electrons. The summed E-state index contributed by atoms with van der Waals surface area (Å²) in [5.41, 5.74) is 4.62. The fraction of sp³-hybridized carbons (Fsp3) is 0.812. The SMILES string of the molecule is CC(C)N(CC(N)=O)C(=O)C1CCCCN1C(=O)OC(C)(C)C. The Hall–Kier alpha value is -1.79. The molecule has 7 nitrogen and oxygen atoms in total. The van der Waals surface area contributed by atoms with E-state index >= 15 is 0 Å². The number of nitrogens with two attached hydrogens (primary N) is 1. The maximum absolute atomic E-state index is 12.8. The van der Waals surface area contributed by atoms with Crippen molar-refractivity contribution >= 4 is 17.9 Å². The lowest BCUT2D eigenvalue weighted by Crippen LogP contribution is -2.56. The highest BCUT2D eigenvalue weighted by molar-refractivity contribution is 5.89. The van der Waals surface area contributed by atoms with Crippen molar-refractivity contribution in [2.24, 2.45) is 5.73 Å². The molecule has 0 aliphatic carbocycles. The Morgan fingerprint density at radius 3 is 2.35 bits per heavy atom. The number of hydrogen-bond donors (Lipinski definition) is 1. The minimum atomic E-state index is -0.618. The van der Waals surface area contributed by atoms with Gasteiger partial charge in [-0.05, 0) is 53.9 Å². The van der Waals surface area contributed by atoms with Crippen LogP contribution in [0.3, 0.4) is 0 Å². The molecule has 1 aliphatic rings. The van der Waals surface area contributed by atoms with Crippen molar-refractivity contribution in [3.8, 4) is 0 Å². The molecule has 0 saturated carbocycles. The van der Waals surface area contributed by atoms with Gasteiger partial charge in [-0.25, -0.2) is 4.79 Å². The van der Waals surface area contributed by atoms with Crippen LogP contribution in [0.2, 0.25) is 0 Å². The van der Waals surface area contributed by atoms with E-state index in [1.807, 2.05) is 13.8 Å². The molecule has 0 spiro atoms. The average Bonchev–Trinajstić information content (AvgIpc) is 2.41. The van der Waals surface area contributed by atoms with Crippen LogP contribution in [0.1, 0.15) is 53.9 Å². The number of carbonyl (C=O) groups is 3. The summed E-state index contributed by atoms with van der Waals surface area (Å²) in [6.07, 6.45) is 1.78. The Bertz CT molecular complexity index is 457. The first-order valence-corrected chi connectivity index (χ1v) is 8.11. The molecule has 1 fully saturated rings. The van der Waals surface area contributed by atoms with E-state index in [1.54, 1.807) is 20.8 Å². The normalized spacial score (nSPS) is 18.7. The molecule has 23 heavy (non-hydrogen) atoms. The Labute approximate surface area is 138 Å². The van der Waals surface area contributed by atoms with Gasteiger partial charge in [-0.3, -0.25) is 14.5 Å². The molecule has 1 atom stereocenters. The Morgan fingerprint density at radius 1 is 1.26 bits per heavy atom. The fourth-order valence-corrected chi connectivity index (χ4v) is 2.60. The summed E-state index contributed by atoms with van der Waals surface area (Å²) in [6.45, 7) is 9.35. The van der Waals surface area contributed by atoms with Crippen molar-refractivity contribution in [1.29, 1.82) is 0 Å². The number of hydrogen-bond acceptors (Lipinski definition) is 4. The third-order valence-electron chi connectivity index (χ3n) is 3.65. The summed E-state index contributed by atoms with van der Waals surface area (Å²) < 4.78 is 5.40. The molecular weight excluding hydrogens is 298 g/mol.